The first-order valence-electron chi connectivity index (χ1n) is 6.48. The molecule has 0 bridgehead atoms. The molecule has 0 radical (unpaired) electrons. The van der Waals surface area contributed by atoms with Crippen molar-refractivity contribution in [1.29, 1.82) is 0 Å². The monoisotopic (exact) mass is 298 g/mol. The van der Waals surface area contributed by atoms with Crippen LogP contribution in [-0.4, -0.2) is 45.7 Å². The van der Waals surface area contributed by atoms with Gasteiger partial charge < -0.3 is 15.0 Å². The minimum absolute atomic E-state index is 0.160. The van der Waals surface area contributed by atoms with Crippen molar-refractivity contribution in [3.05, 3.63) is 17.0 Å². The van der Waals surface area contributed by atoms with Gasteiger partial charge in [-0.15, -0.1) is 0 Å². The predicted molar refractivity (Wildman–Crippen MR) is 77.0 cm³/mol. The highest BCUT2D eigenvalue weighted by molar-refractivity contribution is 6.29. The number of amides is 1. The number of nitrogens with one attached hydrogen (secondary N) is 1. The molecule has 6 nitrogen and oxygen atoms in total. The van der Waals surface area contributed by atoms with E-state index in [1.165, 1.54) is 0 Å². The molecule has 2 rings (SSSR count). The van der Waals surface area contributed by atoms with E-state index in [1.807, 2.05) is 20.8 Å². The SMILES string of the molecule is Cc1nc(Cl)cc(NC2CN(C(=O)OC(C)(C)C)C2)n1. The van der Waals surface area contributed by atoms with Gasteiger partial charge in [-0.05, 0) is 27.7 Å². The molecule has 0 saturated carbocycles. The maximum Gasteiger partial charge on any atom is 0.410 e. The summed E-state index contributed by atoms with van der Waals surface area (Å²) in [6.07, 6.45) is -0.285. The van der Waals surface area contributed by atoms with Gasteiger partial charge in [0.05, 0.1) is 6.04 Å². The number of hydrogen-bond donors (Lipinski definition) is 1. The second kappa shape index (κ2) is 5.44. The lowest BCUT2D eigenvalue weighted by atomic mass is 10.1. The van der Waals surface area contributed by atoms with Gasteiger partial charge in [-0.1, -0.05) is 11.6 Å². The van der Waals surface area contributed by atoms with Gasteiger partial charge in [0, 0.05) is 19.2 Å². The van der Waals surface area contributed by atoms with Crippen LogP contribution in [0.15, 0.2) is 6.07 Å². The fourth-order valence-corrected chi connectivity index (χ4v) is 2.09. The van der Waals surface area contributed by atoms with Gasteiger partial charge in [0.25, 0.3) is 0 Å². The first-order chi connectivity index (χ1) is 9.23. The van der Waals surface area contributed by atoms with E-state index in [1.54, 1.807) is 17.9 Å². The lowest BCUT2D eigenvalue weighted by Crippen LogP contribution is -2.58. The number of aromatic nitrogens is 2. The van der Waals surface area contributed by atoms with E-state index in [-0.39, 0.29) is 12.1 Å². The number of carbonyl (C=O) groups is 1. The molecule has 7 heteroatoms. The minimum atomic E-state index is -0.465. The molecule has 1 amide bonds. The number of carbonyl (C=O) groups excluding carboxylic acids is 1. The molecule has 1 aromatic rings. The molecule has 0 atom stereocenters. The van der Waals surface area contributed by atoms with Crippen molar-refractivity contribution >= 4 is 23.5 Å². The first kappa shape index (κ1) is 14.8. The van der Waals surface area contributed by atoms with Gasteiger partial charge in [0.2, 0.25) is 0 Å². The number of ether oxygens (including phenoxy) is 1. The third-order valence-electron chi connectivity index (χ3n) is 2.69. The van der Waals surface area contributed by atoms with Crippen LogP contribution in [0.25, 0.3) is 0 Å². The van der Waals surface area contributed by atoms with Gasteiger partial charge in [0.1, 0.15) is 22.4 Å². The van der Waals surface area contributed by atoms with Crippen LogP contribution in [0.5, 0.6) is 0 Å². The van der Waals surface area contributed by atoms with Crippen LogP contribution in [0.4, 0.5) is 10.6 Å². The number of aryl methyl sites for hydroxylation is 1. The lowest BCUT2D eigenvalue weighted by molar-refractivity contribution is 0.0104. The summed E-state index contributed by atoms with van der Waals surface area (Å²) >= 11 is 5.87. The van der Waals surface area contributed by atoms with Crippen LogP contribution in [-0.2, 0) is 4.74 Å². The molecule has 0 spiro atoms. The molecule has 1 aromatic heterocycles. The Morgan fingerprint density at radius 1 is 1.45 bits per heavy atom. The zero-order chi connectivity index (χ0) is 14.9. The molecule has 1 aliphatic rings. The van der Waals surface area contributed by atoms with E-state index in [9.17, 15) is 4.79 Å². The third kappa shape index (κ3) is 3.96. The van der Waals surface area contributed by atoms with E-state index in [2.05, 4.69) is 15.3 Å². The van der Waals surface area contributed by atoms with E-state index in [0.29, 0.717) is 29.9 Å². The van der Waals surface area contributed by atoms with Crippen LogP contribution in [0.3, 0.4) is 0 Å². The van der Waals surface area contributed by atoms with Crippen molar-refractivity contribution in [2.24, 2.45) is 0 Å². The Bertz CT molecular complexity index is 489. The maximum atomic E-state index is 11.8. The number of rotatable bonds is 2. The number of anilines is 1. The quantitative estimate of drug-likeness (QED) is 0.850. The number of halogens is 1. The van der Waals surface area contributed by atoms with Crippen molar-refractivity contribution in [3.63, 3.8) is 0 Å². The highest BCUT2D eigenvalue weighted by atomic mass is 35.5. The molecule has 0 aliphatic carbocycles. The van der Waals surface area contributed by atoms with Crippen LogP contribution in [0.1, 0.15) is 26.6 Å². The highest BCUT2D eigenvalue weighted by Gasteiger charge is 2.33. The molecule has 110 valence electrons. The summed E-state index contributed by atoms with van der Waals surface area (Å²) in [5, 5.41) is 3.63. The Hall–Kier alpha value is -1.56. The van der Waals surface area contributed by atoms with E-state index in [4.69, 9.17) is 16.3 Å². The molecule has 0 unspecified atom stereocenters. The van der Waals surface area contributed by atoms with Crippen molar-refractivity contribution in [2.45, 2.75) is 39.3 Å². The molecule has 1 aliphatic heterocycles. The van der Waals surface area contributed by atoms with Gasteiger partial charge >= 0.3 is 6.09 Å². The lowest BCUT2D eigenvalue weighted by Gasteiger charge is -2.40. The summed E-state index contributed by atoms with van der Waals surface area (Å²) in [7, 11) is 0. The average Bonchev–Trinajstić information content (AvgIpc) is 2.18. The van der Waals surface area contributed by atoms with Crippen LogP contribution in [0, 0.1) is 6.92 Å². The largest absolute Gasteiger partial charge is 0.444 e. The fraction of sp³-hybridized carbons (Fsp3) is 0.615. The second-order valence-electron chi connectivity index (χ2n) is 5.85. The standard InChI is InChI=1S/C13H19ClN4O2/c1-8-15-10(14)5-11(16-8)17-9-6-18(7-9)12(19)20-13(2,3)4/h5,9H,6-7H2,1-4H3,(H,15,16,17). The number of likely N-dealkylation sites (tertiary alicyclic amines) is 1. The summed E-state index contributed by atoms with van der Waals surface area (Å²) < 4.78 is 5.29. The van der Waals surface area contributed by atoms with Crippen molar-refractivity contribution in [3.8, 4) is 0 Å². The maximum absolute atomic E-state index is 11.8. The zero-order valence-electron chi connectivity index (χ0n) is 12.1. The summed E-state index contributed by atoms with van der Waals surface area (Å²) in [6.45, 7) is 8.53. The van der Waals surface area contributed by atoms with Gasteiger partial charge in [-0.25, -0.2) is 14.8 Å². The zero-order valence-corrected chi connectivity index (χ0v) is 12.9. The van der Waals surface area contributed by atoms with E-state index >= 15 is 0 Å². The molecular weight excluding hydrogens is 280 g/mol. The van der Waals surface area contributed by atoms with E-state index < -0.39 is 5.60 Å². The fourth-order valence-electron chi connectivity index (χ4n) is 1.86. The first-order valence-corrected chi connectivity index (χ1v) is 6.86. The summed E-state index contributed by atoms with van der Waals surface area (Å²) in [4.78, 5) is 21.7. The highest BCUT2D eigenvalue weighted by Crippen LogP contribution is 2.19. The topological polar surface area (TPSA) is 67.4 Å². The van der Waals surface area contributed by atoms with Crippen molar-refractivity contribution in [1.82, 2.24) is 14.9 Å². The van der Waals surface area contributed by atoms with Crippen molar-refractivity contribution < 1.29 is 9.53 Å². The summed E-state index contributed by atoms with van der Waals surface area (Å²) in [5.74, 6) is 1.29. The summed E-state index contributed by atoms with van der Waals surface area (Å²) in [5.41, 5.74) is -0.465. The van der Waals surface area contributed by atoms with Crippen LogP contribution < -0.4 is 5.32 Å². The third-order valence-corrected chi connectivity index (χ3v) is 2.89. The molecule has 1 fully saturated rings. The number of nitrogens with zero attached hydrogens (tertiary/aromatic N) is 3. The Labute approximate surface area is 123 Å². The minimum Gasteiger partial charge on any atom is -0.444 e. The van der Waals surface area contributed by atoms with Gasteiger partial charge in [-0.2, -0.15) is 0 Å². The molecule has 0 aromatic carbocycles. The molecular formula is C13H19ClN4O2. The van der Waals surface area contributed by atoms with Crippen molar-refractivity contribution in [2.75, 3.05) is 18.4 Å². The summed E-state index contributed by atoms with van der Waals surface area (Å²) in [6, 6.07) is 1.83. The van der Waals surface area contributed by atoms with Crippen LogP contribution >= 0.6 is 11.6 Å². The molecule has 20 heavy (non-hydrogen) atoms. The Morgan fingerprint density at radius 3 is 2.65 bits per heavy atom. The molecule has 2 heterocycles. The molecule has 1 saturated heterocycles. The smallest absolute Gasteiger partial charge is 0.410 e. The average molecular weight is 299 g/mol. The molecule has 1 N–H and O–H groups in total. The predicted octanol–water partition coefficient (Wildman–Crippen LogP) is 2.47. The van der Waals surface area contributed by atoms with E-state index in [0.717, 1.165) is 0 Å². The normalized spacial score (nSPS) is 15.8. The van der Waals surface area contributed by atoms with Gasteiger partial charge in [-0.3, -0.25) is 0 Å². The van der Waals surface area contributed by atoms with Crippen LogP contribution in [0.2, 0.25) is 5.15 Å². The Morgan fingerprint density at radius 2 is 2.10 bits per heavy atom. The Kier molecular flexibility index (Phi) is 4.04. The Balaban J connectivity index is 1.83. The number of hydrogen-bond acceptors (Lipinski definition) is 5. The second-order valence-corrected chi connectivity index (χ2v) is 6.24. The van der Waals surface area contributed by atoms with Gasteiger partial charge in [0.15, 0.2) is 0 Å².